The van der Waals surface area contributed by atoms with Crippen LogP contribution < -0.4 is 10.1 Å². The Morgan fingerprint density at radius 3 is 2.42 bits per heavy atom. The van der Waals surface area contributed by atoms with E-state index in [-0.39, 0.29) is 11.9 Å². The van der Waals surface area contributed by atoms with Crippen molar-refractivity contribution in [1.29, 1.82) is 0 Å². The smallest absolute Gasteiger partial charge is 0.416 e. The number of ether oxygens (including phenoxy) is 1. The number of rotatable bonds is 6. The van der Waals surface area contributed by atoms with Crippen LogP contribution in [0.4, 0.5) is 13.2 Å². The highest BCUT2D eigenvalue weighted by atomic mass is 19.4. The third-order valence-electron chi connectivity index (χ3n) is 7.61. The normalized spacial score (nSPS) is 17.8. The Kier molecular flexibility index (Phi) is 6.83. The summed E-state index contributed by atoms with van der Waals surface area (Å²) in [6, 6.07) is 20.2. The van der Waals surface area contributed by atoms with Crippen molar-refractivity contribution in [1.82, 2.24) is 20.0 Å². The maximum absolute atomic E-state index is 13.8. The molecular formula is C31H29F3N4O2. The van der Waals surface area contributed by atoms with Crippen LogP contribution in [-0.2, 0) is 12.8 Å². The second-order valence-corrected chi connectivity index (χ2v) is 10.3. The van der Waals surface area contributed by atoms with E-state index in [1.54, 1.807) is 4.68 Å². The van der Waals surface area contributed by atoms with Gasteiger partial charge in [0, 0.05) is 17.8 Å². The highest BCUT2D eigenvalue weighted by Crippen LogP contribution is 2.42. The van der Waals surface area contributed by atoms with Crippen molar-refractivity contribution in [2.24, 2.45) is 0 Å². The van der Waals surface area contributed by atoms with E-state index < -0.39 is 17.8 Å². The van der Waals surface area contributed by atoms with Crippen LogP contribution in [0.3, 0.4) is 0 Å². The molecule has 0 saturated carbocycles. The number of halogens is 3. The number of hydrogen-bond acceptors (Lipinski definition) is 4. The number of aromatic nitrogens is 2. The molecule has 1 atom stereocenters. The summed E-state index contributed by atoms with van der Waals surface area (Å²) >= 11 is 0. The highest BCUT2D eigenvalue weighted by molar-refractivity contribution is 5.98. The molecule has 1 saturated heterocycles. The number of nitrogens with one attached hydrogen (secondary N) is 1. The lowest BCUT2D eigenvalue weighted by Crippen LogP contribution is -2.45. The molecule has 1 N–H and O–H groups in total. The zero-order chi connectivity index (χ0) is 27.9. The fraction of sp³-hybridized carbons (Fsp3) is 0.290. The molecule has 40 heavy (non-hydrogen) atoms. The molecule has 206 valence electrons. The summed E-state index contributed by atoms with van der Waals surface area (Å²) < 4.78 is 47.7. The fourth-order valence-corrected chi connectivity index (χ4v) is 5.59. The number of amides is 1. The first kappa shape index (κ1) is 26.1. The molecule has 3 aromatic carbocycles. The minimum Gasteiger partial charge on any atom is -0.487 e. The molecular weight excluding hydrogens is 517 g/mol. The van der Waals surface area contributed by atoms with E-state index >= 15 is 0 Å². The van der Waals surface area contributed by atoms with Crippen LogP contribution in [0.5, 0.6) is 5.75 Å². The van der Waals surface area contributed by atoms with Crippen LogP contribution in [0.15, 0.2) is 79.0 Å². The van der Waals surface area contributed by atoms with Crippen LogP contribution in [0, 0.1) is 6.92 Å². The largest absolute Gasteiger partial charge is 0.487 e. The van der Waals surface area contributed by atoms with Crippen LogP contribution in [0.1, 0.15) is 57.2 Å². The van der Waals surface area contributed by atoms with E-state index in [1.807, 2.05) is 66.6 Å². The minimum absolute atomic E-state index is 0.0348. The molecule has 9 heteroatoms. The van der Waals surface area contributed by atoms with E-state index in [1.165, 1.54) is 12.1 Å². The third-order valence-corrected chi connectivity index (χ3v) is 7.61. The summed E-state index contributed by atoms with van der Waals surface area (Å²) in [5, 5.41) is 8.04. The Hall–Kier alpha value is -4.11. The number of alkyl halides is 3. The van der Waals surface area contributed by atoms with Gasteiger partial charge in [0.15, 0.2) is 5.69 Å². The molecule has 1 fully saturated rings. The number of piperidine rings is 1. The van der Waals surface area contributed by atoms with Crippen molar-refractivity contribution in [2.45, 2.75) is 44.6 Å². The van der Waals surface area contributed by atoms with E-state index in [9.17, 15) is 18.0 Å². The molecule has 6 rings (SSSR count). The maximum atomic E-state index is 13.8. The number of aryl methyl sites for hydroxylation is 1. The van der Waals surface area contributed by atoms with Crippen molar-refractivity contribution in [3.05, 3.63) is 113 Å². The number of fused-ring (bicyclic) bond motifs is 1. The van der Waals surface area contributed by atoms with Crippen molar-refractivity contribution in [3.8, 4) is 11.4 Å². The zero-order valence-corrected chi connectivity index (χ0v) is 22.0. The van der Waals surface area contributed by atoms with E-state index in [0.717, 1.165) is 49.2 Å². The standard InChI is InChI=1S/C31H29F3N4O2/c1-20-7-12-27(40-19-21-5-3-2-4-6-21)26(17-20)37-18-25-28(36-37)30(39)38(24-13-15-35-16-14-24)29(25)22-8-10-23(11-9-22)31(32,33)34/h2-12,17-18,24,29,35H,13-16,19H2,1H3. The predicted molar refractivity (Wildman–Crippen MR) is 144 cm³/mol. The predicted octanol–water partition coefficient (Wildman–Crippen LogP) is 6.08. The summed E-state index contributed by atoms with van der Waals surface area (Å²) in [7, 11) is 0. The second-order valence-electron chi connectivity index (χ2n) is 10.3. The van der Waals surface area contributed by atoms with Crippen LogP contribution >= 0.6 is 0 Å². The van der Waals surface area contributed by atoms with Gasteiger partial charge >= 0.3 is 6.18 Å². The first-order chi connectivity index (χ1) is 19.3. The molecule has 0 spiro atoms. The average Bonchev–Trinajstić information content (AvgIpc) is 3.51. The second kappa shape index (κ2) is 10.5. The Morgan fingerprint density at radius 2 is 1.73 bits per heavy atom. The number of carbonyl (C=O) groups excluding carboxylic acids is 1. The van der Waals surface area contributed by atoms with Gasteiger partial charge in [0.05, 0.1) is 11.6 Å². The Bertz CT molecular complexity index is 1510. The quantitative estimate of drug-likeness (QED) is 0.319. The lowest BCUT2D eigenvalue weighted by Gasteiger charge is -2.36. The Labute approximate surface area is 230 Å². The van der Waals surface area contributed by atoms with Crippen LogP contribution in [0.2, 0.25) is 0 Å². The van der Waals surface area contributed by atoms with Crippen molar-refractivity contribution < 1.29 is 22.7 Å². The molecule has 2 aliphatic heterocycles. The maximum Gasteiger partial charge on any atom is 0.416 e. The van der Waals surface area contributed by atoms with E-state index in [2.05, 4.69) is 5.32 Å². The molecule has 0 bridgehead atoms. The zero-order valence-electron chi connectivity index (χ0n) is 22.0. The number of benzene rings is 3. The van der Waals surface area contributed by atoms with Crippen LogP contribution in [0.25, 0.3) is 5.69 Å². The van der Waals surface area contributed by atoms with Gasteiger partial charge in [-0.2, -0.15) is 18.3 Å². The first-order valence-corrected chi connectivity index (χ1v) is 13.4. The van der Waals surface area contributed by atoms with Gasteiger partial charge in [-0.15, -0.1) is 0 Å². The third kappa shape index (κ3) is 4.97. The minimum atomic E-state index is -4.43. The first-order valence-electron chi connectivity index (χ1n) is 13.4. The summed E-state index contributed by atoms with van der Waals surface area (Å²) in [4.78, 5) is 15.6. The molecule has 1 unspecified atom stereocenters. The van der Waals surface area contributed by atoms with Gasteiger partial charge in [-0.05, 0) is 73.8 Å². The molecule has 1 amide bonds. The van der Waals surface area contributed by atoms with Gasteiger partial charge in [-0.1, -0.05) is 48.5 Å². The summed E-state index contributed by atoms with van der Waals surface area (Å²) in [5.41, 5.74) is 3.62. The van der Waals surface area contributed by atoms with E-state index in [4.69, 9.17) is 9.84 Å². The van der Waals surface area contributed by atoms with Crippen molar-refractivity contribution in [2.75, 3.05) is 13.1 Å². The summed E-state index contributed by atoms with van der Waals surface area (Å²) in [6.07, 6.45) is -1.08. The lowest BCUT2D eigenvalue weighted by atomic mass is 9.97. The van der Waals surface area contributed by atoms with Crippen molar-refractivity contribution in [3.63, 3.8) is 0 Å². The summed E-state index contributed by atoms with van der Waals surface area (Å²) in [6.45, 7) is 3.89. The molecule has 4 aromatic rings. The number of hydrogen-bond donors (Lipinski definition) is 1. The highest BCUT2D eigenvalue weighted by Gasteiger charge is 2.44. The van der Waals surface area contributed by atoms with Crippen LogP contribution in [-0.4, -0.2) is 39.7 Å². The Morgan fingerprint density at radius 1 is 1.00 bits per heavy atom. The monoisotopic (exact) mass is 546 g/mol. The van der Waals surface area contributed by atoms with Gasteiger partial charge in [-0.3, -0.25) is 4.79 Å². The average molecular weight is 547 g/mol. The Balaban J connectivity index is 1.39. The molecule has 3 heterocycles. The fourth-order valence-electron chi connectivity index (χ4n) is 5.59. The van der Waals surface area contributed by atoms with Gasteiger partial charge in [0.2, 0.25) is 0 Å². The molecule has 2 aliphatic rings. The SMILES string of the molecule is Cc1ccc(OCc2ccccc2)c(-n2cc3c(n2)C(=O)N(C2CCNCC2)C3c2ccc(C(F)(F)F)cc2)c1. The van der Waals surface area contributed by atoms with E-state index in [0.29, 0.717) is 34.9 Å². The molecule has 0 radical (unpaired) electrons. The van der Waals surface area contributed by atoms with Gasteiger partial charge < -0.3 is 15.0 Å². The molecule has 6 nitrogen and oxygen atoms in total. The van der Waals surface area contributed by atoms with Gasteiger partial charge in [0.1, 0.15) is 18.0 Å². The molecule has 0 aliphatic carbocycles. The van der Waals surface area contributed by atoms with Gasteiger partial charge in [0.25, 0.3) is 5.91 Å². The van der Waals surface area contributed by atoms with Crippen molar-refractivity contribution >= 4 is 5.91 Å². The lowest BCUT2D eigenvalue weighted by molar-refractivity contribution is -0.137. The summed E-state index contributed by atoms with van der Waals surface area (Å²) in [5.74, 6) is 0.411. The number of nitrogens with zero attached hydrogens (tertiary/aromatic N) is 3. The molecule has 1 aromatic heterocycles. The number of carbonyl (C=O) groups is 1. The van der Waals surface area contributed by atoms with Gasteiger partial charge in [-0.25, -0.2) is 4.68 Å². The topological polar surface area (TPSA) is 59.4 Å².